The summed E-state index contributed by atoms with van der Waals surface area (Å²) < 4.78 is 0. The van der Waals surface area contributed by atoms with Gasteiger partial charge in [0.25, 0.3) is 0 Å². The van der Waals surface area contributed by atoms with Gasteiger partial charge in [0.2, 0.25) is 0 Å². The molecule has 18 heavy (non-hydrogen) atoms. The van der Waals surface area contributed by atoms with Gasteiger partial charge in [-0.2, -0.15) is 0 Å². The maximum absolute atomic E-state index is 9.74. The summed E-state index contributed by atoms with van der Waals surface area (Å²) in [5, 5.41) is 9.74. The molecule has 1 N–H and O–H groups in total. The Morgan fingerprint density at radius 2 is 1.72 bits per heavy atom. The van der Waals surface area contributed by atoms with Gasteiger partial charge < -0.3 is 5.11 Å². The average molecular weight is 258 g/mol. The third-order valence-corrected chi connectivity index (χ3v) is 4.15. The molecule has 0 heterocycles. The minimum atomic E-state index is -0.412. The number of benzene rings is 2. The van der Waals surface area contributed by atoms with Crippen molar-refractivity contribution in [3.05, 3.63) is 65.2 Å². The summed E-state index contributed by atoms with van der Waals surface area (Å²) in [7, 11) is 0. The Balaban J connectivity index is 2.14. The second kappa shape index (κ2) is 6.07. The molecule has 0 bridgehead atoms. The van der Waals surface area contributed by atoms with E-state index in [4.69, 9.17) is 0 Å². The lowest BCUT2D eigenvalue weighted by Crippen LogP contribution is -1.94. The van der Waals surface area contributed by atoms with E-state index < -0.39 is 6.10 Å². The zero-order chi connectivity index (χ0) is 13.0. The summed E-state index contributed by atoms with van der Waals surface area (Å²) in [6, 6.07) is 16.5. The molecule has 0 aliphatic carbocycles. The van der Waals surface area contributed by atoms with E-state index in [2.05, 4.69) is 37.3 Å². The summed E-state index contributed by atoms with van der Waals surface area (Å²) >= 11 is 1.78. The van der Waals surface area contributed by atoms with E-state index in [1.807, 2.05) is 25.1 Å². The number of aliphatic hydroxyl groups is 1. The SMILES string of the molecule is Cc1ccccc1CSc1ccccc1[C@H](C)O. The van der Waals surface area contributed by atoms with Crippen LogP contribution in [-0.4, -0.2) is 5.11 Å². The normalized spacial score (nSPS) is 12.4. The number of hydrogen-bond donors (Lipinski definition) is 1. The highest BCUT2D eigenvalue weighted by molar-refractivity contribution is 7.98. The monoisotopic (exact) mass is 258 g/mol. The Labute approximate surface area is 113 Å². The fourth-order valence-corrected chi connectivity index (χ4v) is 3.10. The second-order valence-electron chi connectivity index (χ2n) is 4.43. The molecule has 1 atom stereocenters. The highest BCUT2D eigenvalue weighted by Gasteiger charge is 2.08. The molecule has 0 fully saturated rings. The Morgan fingerprint density at radius 3 is 2.44 bits per heavy atom. The van der Waals surface area contributed by atoms with Gasteiger partial charge in [0.15, 0.2) is 0 Å². The quantitative estimate of drug-likeness (QED) is 0.823. The number of hydrogen-bond acceptors (Lipinski definition) is 2. The van der Waals surface area contributed by atoms with Crippen molar-refractivity contribution in [3.8, 4) is 0 Å². The molecule has 2 aromatic carbocycles. The fourth-order valence-electron chi connectivity index (χ4n) is 1.88. The van der Waals surface area contributed by atoms with E-state index in [1.54, 1.807) is 11.8 Å². The highest BCUT2D eigenvalue weighted by Crippen LogP contribution is 2.30. The molecule has 0 unspecified atom stereocenters. The van der Waals surface area contributed by atoms with Gasteiger partial charge in [-0.05, 0) is 36.6 Å². The first-order chi connectivity index (χ1) is 8.68. The van der Waals surface area contributed by atoms with Crippen LogP contribution >= 0.6 is 11.8 Å². The van der Waals surface area contributed by atoms with Gasteiger partial charge in [0, 0.05) is 10.6 Å². The topological polar surface area (TPSA) is 20.2 Å². The summed E-state index contributed by atoms with van der Waals surface area (Å²) in [5.74, 6) is 0.941. The van der Waals surface area contributed by atoms with Crippen molar-refractivity contribution in [1.82, 2.24) is 0 Å². The highest BCUT2D eigenvalue weighted by atomic mass is 32.2. The Kier molecular flexibility index (Phi) is 4.45. The smallest absolute Gasteiger partial charge is 0.0772 e. The third kappa shape index (κ3) is 3.15. The van der Waals surface area contributed by atoms with Crippen LogP contribution in [0.1, 0.15) is 29.7 Å². The van der Waals surface area contributed by atoms with Crippen LogP contribution in [0.2, 0.25) is 0 Å². The van der Waals surface area contributed by atoms with Crippen molar-refractivity contribution >= 4 is 11.8 Å². The molecule has 0 saturated heterocycles. The molecule has 0 amide bonds. The zero-order valence-electron chi connectivity index (χ0n) is 10.8. The van der Waals surface area contributed by atoms with Crippen LogP contribution in [0.15, 0.2) is 53.4 Å². The molecule has 2 aromatic rings. The van der Waals surface area contributed by atoms with Gasteiger partial charge in [0.05, 0.1) is 6.10 Å². The summed E-state index contributed by atoms with van der Waals surface area (Å²) in [4.78, 5) is 1.16. The van der Waals surface area contributed by atoms with Crippen LogP contribution in [0, 0.1) is 6.92 Å². The van der Waals surface area contributed by atoms with Crippen molar-refractivity contribution in [2.75, 3.05) is 0 Å². The Morgan fingerprint density at radius 1 is 1.06 bits per heavy atom. The first kappa shape index (κ1) is 13.2. The molecule has 0 saturated carbocycles. The zero-order valence-corrected chi connectivity index (χ0v) is 11.6. The van der Waals surface area contributed by atoms with E-state index in [1.165, 1.54) is 11.1 Å². The maximum atomic E-state index is 9.74. The molecule has 0 aliphatic heterocycles. The lowest BCUT2D eigenvalue weighted by molar-refractivity contribution is 0.196. The Bertz CT molecular complexity index is 520. The maximum Gasteiger partial charge on any atom is 0.0772 e. The third-order valence-electron chi connectivity index (χ3n) is 3.01. The largest absolute Gasteiger partial charge is 0.389 e. The van der Waals surface area contributed by atoms with E-state index in [0.717, 1.165) is 16.2 Å². The molecule has 2 heteroatoms. The lowest BCUT2D eigenvalue weighted by Gasteiger charge is -2.12. The van der Waals surface area contributed by atoms with Gasteiger partial charge in [-0.1, -0.05) is 42.5 Å². The number of aryl methyl sites for hydroxylation is 1. The summed E-state index contributed by atoms with van der Waals surface area (Å²) in [5.41, 5.74) is 3.68. The first-order valence-electron chi connectivity index (χ1n) is 6.13. The molecular weight excluding hydrogens is 240 g/mol. The molecular formula is C16H18OS. The van der Waals surface area contributed by atoms with E-state index in [9.17, 15) is 5.11 Å². The molecule has 0 aliphatic rings. The standard InChI is InChI=1S/C16H18OS/c1-12-7-3-4-8-14(12)11-18-16-10-6-5-9-15(16)13(2)17/h3-10,13,17H,11H2,1-2H3/t13-/m0/s1. The Hall–Kier alpha value is -1.25. The minimum Gasteiger partial charge on any atom is -0.389 e. The van der Waals surface area contributed by atoms with Crippen molar-refractivity contribution in [1.29, 1.82) is 0 Å². The minimum absolute atomic E-state index is 0.412. The molecule has 1 nitrogen and oxygen atoms in total. The van der Waals surface area contributed by atoms with Gasteiger partial charge in [0.1, 0.15) is 0 Å². The van der Waals surface area contributed by atoms with E-state index in [-0.39, 0.29) is 0 Å². The molecule has 0 aromatic heterocycles. The second-order valence-corrected chi connectivity index (χ2v) is 5.45. The molecule has 0 radical (unpaired) electrons. The van der Waals surface area contributed by atoms with Crippen LogP contribution in [0.25, 0.3) is 0 Å². The first-order valence-corrected chi connectivity index (χ1v) is 7.11. The molecule has 94 valence electrons. The number of thioether (sulfide) groups is 1. The van der Waals surface area contributed by atoms with Crippen LogP contribution in [0.3, 0.4) is 0 Å². The van der Waals surface area contributed by atoms with Crippen LogP contribution < -0.4 is 0 Å². The van der Waals surface area contributed by atoms with E-state index in [0.29, 0.717) is 0 Å². The van der Waals surface area contributed by atoms with Crippen molar-refractivity contribution in [3.63, 3.8) is 0 Å². The average Bonchev–Trinajstić information content (AvgIpc) is 2.38. The van der Waals surface area contributed by atoms with Gasteiger partial charge in [-0.25, -0.2) is 0 Å². The number of rotatable bonds is 4. The van der Waals surface area contributed by atoms with Crippen LogP contribution in [-0.2, 0) is 5.75 Å². The summed E-state index contributed by atoms with van der Waals surface area (Å²) in [6.45, 7) is 3.95. The predicted molar refractivity (Wildman–Crippen MR) is 77.8 cm³/mol. The van der Waals surface area contributed by atoms with Gasteiger partial charge >= 0.3 is 0 Å². The van der Waals surface area contributed by atoms with Gasteiger partial charge in [-0.15, -0.1) is 11.8 Å². The lowest BCUT2D eigenvalue weighted by atomic mass is 10.1. The predicted octanol–water partition coefficient (Wildman–Crippen LogP) is 4.34. The number of aliphatic hydroxyl groups excluding tert-OH is 1. The van der Waals surface area contributed by atoms with Crippen molar-refractivity contribution in [2.45, 2.75) is 30.6 Å². The van der Waals surface area contributed by atoms with Gasteiger partial charge in [-0.3, -0.25) is 0 Å². The van der Waals surface area contributed by atoms with Crippen LogP contribution in [0.5, 0.6) is 0 Å². The van der Waals surface area contributed by atoms with Crippen molar-refractivity contribution in [2.24, 2.45) is 0 Å². The van der Waals surface area contributed by atoms with E-state index >= 15 is 0 Å². The molecule has 2 rings (SSSR count). The fraction of sp³-hybridized carbons (Fsp3) is 0.250. The molecule has 0 spiro atoms. The summed E-state index contributed by atoms with van der Waals surface area (Å²) in [6.07, 6.45) is -0.412. The van der Waals surface area contributed by atoms with Crippen LogP contribution in [0.4, 0.5) is 0 Å². The van der Waals surface area contributed by atoms with Crippen molar-refractivity contribution < 1.29 is 5.11 Å².